The molecular formula is C25H25N3O4. The molecule has 3 aromatic carbocycles. The van der Waals surface area contributed by atoms with Gasteiger partial charge in [0.05, 0.1) is 16.6 Å². The van der Waals surface area contributed by atoms with Crippen molar-refractivity contribution in [1.82, 2.24) is 9.13 Å². The Morgan fingerprint density at radius 3 is 2.53 bits per heavy atom. The number of hydrogen-bond acceptors (Lipinski definition) is 4. The van der Waals surface area contributed by atoms with E-state index in [0.717, 1.165) is 39.2 Å². The molecule has 0 bridgehead atoms. The van der Waals surface area contributed by atoms with E-state index in [0.29, 0.717) is 13.2 Å². The first kappa shape index (κ1) is 21.2. The van der Waals surface area contributed by atoms with Crippen LogP contribution in [-0.4, -0.2) is 20.2 Å². The van der Waals surface area contributed by atoms with Crippen LogP contribution in [0.15, 0.2) is 65.5 Å². The fourth-order valence-electron chi connectivity index (χ4n) is 3.73. The number of aryl methyl sites for hydroxylation is 3. The minimum atomic E-state index is -0.954. The Morgan fingerprint density at radius 1 is 1.00 bits per heavy atom. The van der Waals surface area contributed by atoms with E-state index in [1.165, 1.54) is 0 Å². The van der Waals surface area contributed by atoms with Crippen LogP contribution < -0.4 is 15.7 Å². The lowest BCUT2D eigenvalue weighted by Gasteiger charge is -2.14. The molecule has 0 fully saturated rings. The molecule has 0 radical (unpaired) electrons. The molecule has 4 rings (SSSR count). The molecule has 0 saturated carbocycles. The number of rotatable bonds is 7. The number of hydrogen-bond donors (Lipinski definition) is 2. The molecule has 0 saturated heterocycles. The third-order valence-electron chi connectivity index (χ3n) is 5.66. The number of carboxylic acid groups (broad SMARTS) is 1. The SMILES string of the molecule is Cc1ccc(C(=O)O)cc1NCc1ccccc1OCc1ccc2c(c1)n(C)c(=O)n2C. The Morgan fingerprint density at radius 2 is 1.75 bits per heavy atom. The summed E-state index contributed by atoms with van der Waals surface area (Å²) in [6.45, 7) is 2.79. The molecule has 0 unspecified atom stereocenters. The predicted octanol–water partition coefficient (Wildman–Crippen LogP) is 4.07. The molecule has 32 heavy (non-hydrogen) atoms. The zero-order valence-electron chi connectivity index (χ0n) is 18.3. The summed E-state index contributed by atoms with van der Waals surface area (Å²) < 4.78 is 9.36. The first-order chi connectivity index (χ1) is 15.3. The lowest BCUT2D eigenvalue weighted by atomic mass is 10.1. The highest BCUT2D eigenvalue weighted by atomic mass is 16.5. The fraction of sp³-hybridized carbons (Fsp3) is 0.200. The molecule has 2 N–H and O–H groups in total. The van der Waals surface area contributed by atoms with Gasteiger partial charge in [-0.1, -0.05) is 30.3 Å². The summed E-state index contributed by atoms with van der Waals surface area (Å²) in [7, 11) is 3.52. The van der Waals surface area contributed by atoms with E-state index in [2.05, 4.69) is 5.32 Å². The van der Waals surface area contributed by atoms with Crippen LogP contribution in [0.25, 0.3) is 11.0 Å². The van der Waals surface area contributed by atoms with Crippen LogP contribution in [0.3, 0.4) is 0 Å². The van der Waals surface area contributed by atoms with Crippen molar-refractivity contribution in [2.24, 2.45) is 14.1 Å². The molecule has 4 aromatic rings. The van der Waals surface area contributed by atoms with Crippen LogP contribution in [0, 0.1) is 6.92 Å². The third-order valence-corrected chi connectivity index (χ3v) is 5.66. The molecule has 0 spiro atoms. The summed E-state index contributed by atoms with van der Waals surface area (Å²) in [6, 6.07) is 18.6. The van der Waals surface area contributed by atoms with Crippen molar-refractivity contribution in [3.63, 3.8) is 0 Å². The number of fused-ring (bicyclic) bond motifs is 1. The molecule has 7 heteroatoms. The maximum Gasteiger partial charge on any atom is 0.335 e. The highest BCUT2D eigenvalue weighted by Crippen LogP contribution is 2.24. The van der Waals surface area contributed by atoms with Gasteiger partial charge in [-0.05, 0) is 48.4 Å². The molecular weight excluding hydrogens is 406 g/mol. The number of para-hydroxylation sites is 1. The first-order valence-corrected chi connectivity index (χ1v) is 10.3. The van der Waals surface area contributed by atoms with Gasteiger partial charge in [-0.25, -0.2) is 9.59 Å². The second-order valence-corrected chi connectivity index (χ2v) is 7.81. The topological polar surface area (TPSA) is 85.5 Å². The molecule has 7 nitrogen and oxygen atoms in total. The molecule has 0 aliphatic rings. The fourth-order valence-corrected chi connectivity index (χ4v) is 3.73. The number of aromatic carboxylic acids is 1. The molecule has 1 aromatic heterocycles. The van der Waals surface area contributed by atoms with Crippen LogP contribution in [0.1, 0.15) is 27.0 Å². The van der Waals surface area contributed by atoms with Crippen molar-refractivity contribution in [3.05, 3.63) is 93.4 Å². The van der Waals surface area contributed by atoms with Crippen molar-refractivity contribution in [3.8, 4) is 5.75 Å². The average molecular weight is 431 g/mol. The zero-order valence-corrected chi connectivity index (χ0v) is 18.3. The second-order valence-electron chi connectivity index (χ2n) is 7.81. The van der Waals surface area contributed by atoms with Crippen molar-refractivity contribution >= 4 is 22.7 Å². The number of nitrogens with zero attached hydrogens (tertiary/aromatic N) is 2. The Kier molecular flexibility index (Phi) is 5.73. The second kappa shape index (κ2) is 8.63. The van der Waals surface area contributed by atoms with E-state index in [9.17, 15) is 14.7 Å². The van der Waals surface area contributed by atoms with Crippen molar-refractivity contribution in [2.75, 3.05) is 5.32 Å². The molecule has 1 heterocycles. The van der Waals surface area contributed by atoms with Crippen LogP contribution in [0.4, 0.5) is 5.69 Å². The van der Waals surface area contributed by atoms with E-state index in [4.69, 9.17) is 4.74 Å². The van der Waals surface area contributed by atoms with Gasteiger partial charge in [-0.3, -0.25) is 9.13 Å². The largest absolute Gasteiger partial charge is 0.489 e. The van der Waals surface area contributed by atoms with Gasteiger partial charge in [0.1, 0.15) is 12.4 Å². The number of ether oxygens (including phenoxy) is 1. The van der Waals surface area contributed by atoms with Crippen LogP contribution in [-0.2, 0) is 27.2 Å². The van der Waals surface area contributed by atoms with Gasteiger partial charge < -0.3 is 15.2 Å². The number of carbonyl (C=O) groups is 1. The highest BCUT2D eigenvalue weighted by molar-refractivity contribution is 5.89. The summed E-state index contributed by atoms with van der Waals surface area (Å²) in [5, 5.41) is 12.6. The van der Waals surface area contributed by atoms with Gasteiger partial charge in [-0.2, -0.15) is 0 Å². The smallest absolute Gasteiger partial charge is 0.335 e. The zero-order chi connectivity index (χ0) is 22.8. The Labute approximate surface area is 185 Å². The minimum absolute atomic E-state index is 0.0586. The number of nitrogens with one attached hydrogen (secondary N) is 1. The van der Waals surface area contributed by atoms with Gasteiger partial charge in [0.15, 0.2) is 0 Å². The van der Waals surface area contributed by atoms with Crippen LogP contribution in [0.2, 0.25) is 0 Å². The number of aromatic nitrogens is 2. The Bertz CT molecular complexity index is 1370. The molecule has 164 valence electrons. The van der Waals surface area contributed by atoms with E-state index < -0.39 is 5.97 Å². The Balaban J connectivity index is 1.50. The lowest BCUT2D eigenvalue weighted by Crippen LogP contribution is -2.19. The van der Waals surface area contributed by atoms with Gasteiger partial charge >= 0.3 is 11.7 Å². The number of benzene rings is 3. The van der Waals surface area contributed by atoms with Gasteiger partial charge in [0, 0.05) is 31.9 Å². The highest BCUT2D eigenvalue weighted by Gasteiger charge is 2.10. The van der Waals surface area contributed by atoms with Crippen molar-refractivity contribution in [1.29, 1.82) is 0 Å². The van der Waals surface area contributed by atoms with E-state index in [1.54, 1.807) is 41.4 Å². The van der Waals surface area contributed by atoms with Gasteiger partial charge in [0.2, 0.25) is 0 Å². The van der Waals surface area contributed by atoms with E-state index in [-0.39, 0.29) is 11.3 Å². The number of imidazole rings is 1. The molecule has 0 atom stereocenters. The normalized spacial score (nSPS) is 11.0. The van der Waals surface area contributed by atoms with Crippen LogP contribution in [0.5, 0.6) is 5.75 Å². The summed E-state index contributed by atoms with van der Waals surface area (Å²) in [4.78, 5) is 23.4. The Hall–Kier alpha value is -4.00. The number of carboxylic acids is 1. The third kappa shape index (κ3) is 4.09. The standard InChI is InChI=1S/C25H25N3O4/c1-16-8-10-18(24(29)30)13-20(16)26-14-19-6-4-5-7-23(19)32-15-17-9-11-21-22(12-17)28(3)25(31)27(21)2/h4-13,26H,14-15H2,1-3H3,(H,29,30). The van der Waals surface area contributed by atoms with E-state index >= 15 is 0 Å². The monoisotopic (exact) mass is 431 g/mol. The van der Waals surface area contributed by atoms with Gasteiger partial charge in [0.25, 0.3) is 0 Å². The van der Waals surface area contributed by atoms with Crippen molar-refractivity contribution < 1.29 is 14.6 Å². The maximum absolute atomic E-state index is 12.1. The van der Waals surface area contributed by atoms with E-state index in [1.807, 2.05) is 49.4 Å². The quantitative estimate of drug-likeness (QED) is 0.461. The lowest BCUT2D eigenvalue weighted by molar-refractivity contribution is 0.0697. The summed E-state index contributed by atoms with van der Waals surface area (Å²) in [6.07, 6.45) is 0. The number of anilines is 1. The average Bonchev–Trinajstić information content (AvgIpc) is 3.01. The molecule has 0 aliphatic heterocycles. The minimum Gasteiger partial charge on any atom is -0.489 e. The summed E-state index contributed by atoms with van der Waals surface area (Å²) >= 11 is 0. The maximum atomic E-state index is 12.1. The molecule has 0 amide bonds. The predicted molar refractivity (Wildman–Crippen MR) is 124 cm³/mol. The van der Waals surface area contributed by atoms with Crippen LogP contribution >= 0.6 is 0 Å². The summed E-state index contributed by atoms with van der Waals surface area (Å²) in [5.74, 6) is -0.209. The molecule has 0 aliphatic carbocycles. The summed E-state index contributed by atoms with van der Waals surface area (Å²) in [5.41, 5.74) is 5.59. The van der Waals surface area contributed by atoms with Gasteiger partial charge in [-0.15, -0.1) is 0 Å². The first-order valence-electron chi connectivity index (χ1n) is 10.3. The van der Waals surface area contributed by atoms with Crippen molar-refractivity contribution in [2.45, 2.75) is 20.1 Å².